The maximum Gasteiger partial charge on any atom is 0.105 e. The van der Waals surface area contributed by atoms with Crippen molar-refractivity contribution in [3.05, 3.63) is 59.9 Å². The largest absolute Gasteiger partial charge is 0.346 e. The molecule has 0 saturated carbocycles. The van der Waals surface area contributed by atoms with Crippen LogP contribution in [0.15, 0.2) is 53.8 Å². The number of anilines is 1. The van der Waals surface area contributed by atoms with Crippen molar-refractivity contribution >= 4 is 12.0 Å². The monoisotopic (exact) mass is 209 g/mol. The number of fused-ring (bicyclic) bond motifs is 1. The van der Waals surface area contributed by atoms with Gasteiger partial charge in [0.2, 0.25) is 0 Å². The maximum atomic E-state index is 4.46. The molecule has 0 spiro atoms. The van der Waals surface area contributed by atoms with E-state index in [1.54, 1.807) is 12.5 Å². The summed E-state index contributed by atoms with van der Waals surface area (Å²) < 4.78 is 0. The predicted octanol–water partition coefficient (Wildman–Crippen LogP) is 2.62. The smallest absolute Gasteiger partial charge is 0.105 e. The molecule has 0 saturated heterocycles. The Kier molecular flexibility index (Phi) is 2.14. The SMILES string of the molecule is C1=NC(c2ccccc2)c2cnccc2N1. The summed E-state index contributed by atoms with van der Waals surface area (Å²) in [5.74, 6) is 0. The quantitative estimate of drug-likeness (QED) is 0.783. The third kappa shape index (κ3) is 1.46. The molecule has 1 unspecified atom stereocenters. The Morgan fingerprint density at radius 2 is 1.94 bits per heavy atom. The van der Waals surface area contributed by atoms with Crippen LogP contribution in [0.3, 0.4) is 0 Å². The van der Waals surface area contributed by atoms with Crippen LogP contribution in [0.1, 0.15) is 17.2 Å². The first-order valence-corrected chi connectivity index (χ1v) is 5.22. The lowest BCUT2D eigenvalue weighted by Crippen LogP contribution is -2.11. The van der Waals surface area contributed by atoms with Gasteiger partial charge in [-0.3, -0.25) is 9.98 Å². The lowest BCUT2D eigenvalue weighted by Gasteiger charge is -2.20. The zero-order valence-electron chi connectivity index (χ0n) is 8.67. The average molecular weight is 209 g/mol. The second-order valence-electron chi connectivity index (χ2n) is 3.70. The van der Waals surface area contributed by atoms with Gasteiger partial charge in [-0.15, -0.1) is 0 Å². The second kappa shape index (κ2) is 3.77. The molecule has 16 heavy (non-hydrogen) atoms. The van der Waals surface area contributed by atoms with E-state index in [1.807, 2.05) is 30.5 Å². The van der Waals surface area contributed by atoms with E-state index in [2.05, 4.69) is 27.4 Å². The lowest BCUT2D eigenvalue weighted by atomic mass is 9.99. The van der Waals surface area contributed by atoms with E-state index < -0.39 is 0 Å². The molecule has 1 atom stereocenters. The summed E-state index contributed by atoms with van der Waals surface area (Å²) in [7, 11) is 0. The third-order valence-electron chi connectivity index (χ3n) is 2.71. The molecule has 78 valence electrons. The molecule has 1 aliphatic rings. The van der Waals surface area contributed by atoms with Gasteiger partial charge in [-0.25, -0.2) is 0 Å². The van der Waals surface area contributed by atoms with Gasteiger partial charge in [0.25, 0.3) is 0 Å². The summed E-state index contributed by atoms with van der Waals surface area (Å²) in [6.45, 7) is 0. The molecule has 1 aromatic carbocycles. The Bertz CT molecular complexity index is 520. The van der Waals surface area contributed by atoms with Crippen LogP contribution in [-0.4, -0.2) is 11.3 Å². The molecular weight excluding hydrogens is 198 g/mol. The van der Waals surface area contributed by atoms with E-state index in [0.29, 0.717) is 0 Å². The molecule has 3 rings (SSSR count). The van der Waals surface area contributed by atoms with Crippen molar-refractivity contribution in [2.24, 2.45) is 4.99 Å². The van der Waals surface area contributed by atoms with E-state index in [9.17, 15) is 0 Å². The molecule has 0 fully saturated rings. The first-order valence-electron chi connectivity index (χ1n) is 5.22. The van der Waals surface area contributed by atoms with Gasteiger partial charge in [0, 0.05) is 23.6 Å². The minimum absolute atomic E-state index is 0.0612. The molecule has 0 amide bonds. The molecule has 1 N–H and O–H groups in total. The second-order valence-corrected chi connectivity index (χ2v) is 3.70. The maximum absolute atomic E-state index is 4.46. The number of nitrogens with one attached hydrogen (secondary N) is 1. The number of hydrogen-bond acceptors (Lipinski definition) is 3. The number of pyridine rings is 1. The van der Waals surface area contributed by atoms with Gasteiger partial charge in [0.15, 0.2) is 0 Å². The Hall–Kier alpha value is -2.16. The van der Waals surface area contributed by atoms with Crippen LogP contribution in [0.25, 0.3) is 0 Å². The lowest BCUT2D eigenvalue weighted by molar-refractivity contribution is 0.862. The Morgan fingerprint density at radius 1 is 1.06 bits per heavy atom. The van der Waals surface area contributed by atoms with Gasteiger partial charge in [0.05, 0.1) is 6.34 Å². The number of aromatic nitrogens is 1. The Labute approximate surface area is 93.9 Å². The van der Waals surface area contributed by atoms with Crippen LogP contribution in [-0.2, 0) is 0 Å². The van der Waals surface area contributed by atoms with Crippen LogP contribution < -0.4 is 5.32 Å². The predicted molar refractivity (Wildman–Crippen MR) is 64.6 cm³/mol. The summed E-state index contributed by atoms with van der Waals surface area (Å²) in [5.41, 5.74) is 3.39. The van der Waals surface area contributed by atoms with Crippen molar-refractivity contribution in [3.63, 3.8) is 0 Å². The van der Waals surface area contributed by atoms with Crippen molar-refractivity contribution in [2.45, 2.75) is 6.04 Å². The Morgan fingerprint density at radius 3 is 2.81 bits per heavy atom. The molecule has 2 aromatic rings. The summed E-state index contributed by atoms with van der Waals surface area (Å²) in [6, 6.07) is 12.3. The number of hydrogen-bond donors (Lipinski definition) is 1. The van der Waals surface area contributed by atoms with Crippen LogP contribution in [0.5, 0.6) is 0 Å². The summed E-state index contributed by atoms with van der Waals surface area (Å²) in [6.07, 6.45) is 5.41. The van der Waals surface area contributed by atoms with Crippen molar-refractivity contribution in [3.8, 4) is 0 Å². The molecule has 1 aliphatic heterocycles. The van der Waals surface area contributed by atoms with Crippen LogP contribution >= 0.6 is 0 Å². The van der Waals surface area contributed by atoms with Gasteiger partial charge < -0.3 is 5.32 Å². The van der Waals surface area contributed by atoms with Gasteiger partial charge in [-0.2, -0.15) is 0 Å². The molecule has 2 heterocycles. The van der Waals surface area contributed by atoms with E-state index >= 15 is 0 Å². The molecule has 3 heteroatoms. The number of nitrogens with zero attached hydrogens (tertiary/aromatic N) is 2. The van der Waals surface area contributed by atoms with E-state index in [1.165, 1.54) is 5.56 Å². The van der Waals surface area contributed by atoms with Crippen molar-refractivity contribution in [1.29, 1.82) is 0 Å². The number of benzene rings is 1. The molecular formula is C13H11N3. The van der Waals surface area contributed by atoms with Crippen molar-refractivity contribution in [1.82, 2.24) is 4.98 Å². The van der Waals surface area contributed by atoms with Crippen molar-refractivity contribution < 1.29 is 0 Å². The molecule has 0 aliphatic carbocycles. The summed E-state index contributed by atoms with van der Waals surface area (Å²) >= 11 is 0. The first-order chi connectivity index (χ1) is 7.95. The van der Waals surface area contributed by atoms with E-state index in [0.717, 1.165) is 11.3 Å². The Balaban J connectivity index is 2.09. The highest BCUT2D eigenvalue weighted by Gasteiger charge is 2.18. The minimum atomic E-state index is 0.0612. The molecule has 3 nitrogen and oxygen atoms in total. The van der Waals surface area contributed by atoms with Gasteiger partial charge in [-0.05, 0) is 11.6 Å². The molecule has 1 aromatic heterocycles. The minimum Gasteiger partial charge on any atom is -0.346 e. The summed E-state index contributed by atoms with van der Waals surface area (Å²) in [5, 5.41) is 3.13. The normalized spacial score (nSPS) is 17.6. The standard InChI is InChI=1S/C13H11N3/c1-2-4-10(5-3-1)13-11-8-14-7-6-12(11)15-9-16-13/h1-9,13H,(H,15,16). The molecule has 0 radical (unpaired) electrons. The average Bonchev–Trinajstić information content (AvgIpc) is 2.39. The number of rotatable bonds is 1. The van der Waals surface area contributed by atoms with E-state index in [4.69, 9.17) is 0 Å². The highest BCUT2D eigenvalue weighted by atomic mass is 15.0. The van der Waals surface area contributed by atoms with Gasteiger partial charge in [-0.1, -0.05) is 30.3 Å². The fourth-order valence-corrected chi connectivity index (χ4v) is 1.92. The number of aliphatic imine (C=N–C) groups is 1. The van der Waals surface area contributed by atoms with Crippen LogP contribution in [0.2, 0.25) is 0 Å². The fourth-order valence-electron chi connectivity index (χ4n) is 1.92. The highest BCUT2D eigenvalue weighted by Crippen LogP contribution is 2.32. The van der Waals surface area contributed by atoms with Crippen LogP contribution in [0.4, 0.5) is 5.69 Å². The first kappa shape index (κ1) is 9.09. The van der Waals surface area contributed by atoms with Crippen LogP contribution in [0, 0.1) is 0 Å². The van der Waals surface area contributed by atoms with E-state index in [-0.39, 0.29) is 6.04 Å². The van der Waals surface area contributed by atoms with Gasteiger partial charge in [0.1, 0.15) is 6.04 Å². The zero-order valence-corrected chi connectivity index (χ0v) is 8.67. The zero-order chi connectivity index (χ0) is 10.8. The fraction of sp³-hybridized carbons (Fsp3) is 0.0769. The van der Waals surface area contributed by atoms with Crippen molar-refractivity contribution in [2.75, 3.05) is 5.32 Å². The summed E-state index contributed by atoms with van der Waals surface area (Å²) in [4.78, 5) is 8.62. The van der Waals surface area contributed by atoms with Gasteiger partial charge >= 0.3 is 0 Å². The highest BCUT2D eigenvalue weighted by molar-refractivity contribution is 5.80. The molecule has 0 bridgehead atoms. The third-order valence-corrected chi connectivity index (χ3v) is 2.71. The topological polar surface area (TPSA) is 37.3 Å².